The van der Waals surface area contributed by atoms with Crippen molar-refractivity contribution in [3.8, 4) is 0 Å². The zero-order valence-electron chi connectivity index (χ0n) is 16.2. The first-order valence-electron chi connectivity index (χ1n) is 8.15. The Hall–Kier alpha value is 0.231. The normalized spacial score (nSPS) is 14.8. The van der Waals surface area contributed by atoms with Gasteiger partial charge in [0.2, 0.25) is 0 Å². The second-order valence-corrected chi connectivity index (χ2v) is 20.3. The lowest BCUT2D eigenvalue weighted by atomic mass is 10.5. The van der Waals surface area contributed by atoms with E-state index in [1.165, 1.54) is 0 Å². The molecule has 0 aromatic heterocycles. The molecular formula is C15H36O4Si3. The highest BCUT2D eigenvalue weighted by molar-refractivity contribution is 6.90. The molecule has 0 saturated heterocycles. The van der Waals surface area contributed by atoms with Crippen LogP contribution in [0.15, 0.2) is 11.3 Å². The van der Waals surface area contributed by atoms with Crippen LogP contribution in [0.3, 0.4) is 0 Å². The van der Waals surface area contributed by atoms with Crippen LogP contribution in [-0.2, 0) is 17.7 Å². The van der Waals surface area contributed by atoms with E-state index < -0.39 is 25.2 Å². The van der Waals surface area contributed by atoms with E-state index in [9.17, 15) is 0 Å². The van der Waals surface area contributed by atoms with Crippen molar-refractivity contribution in [1.82, 2.24) is 0 Å². The second kappa shape index (κ2) is 8.91. The zero-order valence-corrected chi connectivity index (χ0v) is 19.2. The fourth-order valence-corrected chi connectivity index (χ4v) is 13.8. The number of hydrogen-bond acceptors (Lipinski definition) is 4. The van der Waals surface area contributed by atoms with Crippen LogP contribution in [0.4, 0.5) is 0 Å². The highest BCUT2D eigenvalue weighted by Gasteiger charge is 2.42. The smallest absolute Gasteiger partial charge is 0.344 e. The van der Waals surface area contributed by atoms with Crippen molar-refractivity contribution in [2.24, 2.45) is 0 Å². The lowest BCUT2D eigenvalue weighted by molar-refractivity contribution is -0.104. The summed E-state index contributed by atoms with van der Waals surface area (Å²) in [6.07, 6.45) is 1.72. The largest absolute Gasteiger partial charge is 0.434 e. The highest BCUT2D eigenvalue weighted by Crippen LogP contribution is 2.27. The highest BCUT2D eigenvalue weighted by atomic mass is 28.5. The first-order chi connectivity index (χ1) is 9.83. The van der Waals surface area contributed by atoms with E-state index in [-0.39, 0.29) is 6.29 Å². The van der Waals surface area contributed by atoms with Crippen LogP contribution >= 0.6 is 0 Å². The molecule has 22 heavy (non-hydrogen) atoms. The summed E-state index contributed by atoms with van der Waals surface area (Å²) in [6.45, 7) is 22.7. The first kappa shape index (κ1) is 22.2. The van der Waals surface area contributed by atoms with Gasteiger partial charge in [0, 0.05) is 13.2 Å². The van der Waals surface area contributed by atoms with Gasteiger partial charge >= 0.3 is 8.56 Å². The van der Waals surface area contributed by atoms with Crippen molar-refractivity contribution in [1.29, 1.82) is 0 Å². The number of ether oxygens (including phenoxy) is 2. The Balaban J connectivity index is 5.45. The van der Waals surface area contributed by atoms with E-state index in [2.05, 4.69) is 52.8 Å². The van der Waals surface area contributed by atoms with Gasteiger partial charge in [-0.25, -0.2) is 0 Å². The third-order valence-corrected chi connectivity index (χ3v) is 12.4. The molecule has 0 fully saturated rings. The average Bonchev–Trinajstić information content (AvgIpc) is 2.24. The van der Waals surface area contributed by atoms with E-state index in [1.807, 2.05) is 19.9 Å². The topological polar surface area (TPSA) is 36.9 Å². The van der Waals surface area contributed by atoms with Gasteiger partial charge in [0.1, 0.15) is 0 Å². The molecule has 0 aromatic carbocycles. The summed E-state index contributed by atoms with van der Waals surface area (Å²) in [7, 11) is -5.83. The number of allylic oxidation sites excluding steroid dienone is 1. The minimum atomic E-state index is -2.42. The minimum Gasteiger partial charge on any atom is -0.434 e. The van der Waals surface area contributed by atoms with Gasteiger partial charge in [-0.3, -0.25) is 0 Å². The van der Waals surface area contributed by atoms with Crippen molar-refractivity contribution in [2.45, 2.75) is 72.9 Å². The van der Waals surface area contributed by atoms with E-state index in [1.54, 1.807) is 0 Å². The maximum atomic E-state index is 6.53. The van der Waals surface area contributed by atoms with E-state index in [0.717, 1.165) is 5.20 Å². The summed E-state index contributed by atoms with van der Waals surface area (Å²) in [5.41, 5.74) is 0. The van der Waals surface area contributed by atoms with Crippen LogP contribution in [0.2, 0.25) is 45.8 Å². The molecule has 132 valence electrons. The fourth-order valence-electron chi connectivity index (χ4n) is 2.18. The van der Waals surface area contributed by atoms with Gasteiger partial charge in [-0.05, 0) is 77.9 Å². The molecule has 7 heteroatoms. The summed E-state index contributed by atoms with van der Waals surface area (Å²) < 4.78 is 24.3. The molecule has 0 aliphatic carbocycles. The monoisotopic (exact) mass is 364 g/mol. The van der Waals surface area contributed by atoms with Crippen molar-refractivity contribution < 1.29 is 17.7 Å². The third-order valence-electron chi connectivity index (χ3n) is 2.77. The summed E-state index contributed by atoms with van der Waals surface area (Å²) in [6, 6.07) is 0. The van der Waals surface area contributed by atoms with Crippen LogP contribution in [0.25, 0.3) is 0 Å². The molecule has 0 aromatic rings. The first-order valence-corrected chi connectivity index (χ1v) is 17.3. The lowest BCUT2D eigenvalue weighted by Crippen LogP contribution is -2.54. The molecular weight excluding hydrogens is 328 g/mol. The van der Waals surface area contributed by atoms with E-state index in [0.29, 0.717) is 13.2 Å². The molecule has 0 heterocycles. The molecule has 0 atom stereocenters. The van der Waals surface area contributed by atoms with Crippen LogP contribution < -0.4 is 0 Å². The van der Waals surface area contributed by atoms with Gasteiger partial charge in [-0.15, -0.1) is 0 Å². The molecule has 0 radical (unpaired) electrons. The van der Waals surface area contributed by atoms with Gasteiger partial charge in [0.05, 0.1) is 0 Å². The Morgan fingerprint density at radius 1 is 0.818 bits per heavy atom. The maximum absolute atomic E-state index is 6.53. The van der Waals surface area contributed by atoms with Crippen molar-refractivity contribution in [3.05, 3.63) is 11.3 Å². The number of hydrogen-bond donors (Lipinski definition) is 0. The Bertz CT molecular complexity index is 337. The predicted octanol–water partition coefficient (Wildman–Crippen LogP) is 4.65. The minimum absolute atomic E-state index is 0.322. The SMILES string of the molecule is CCOC(/C=C(\C)[Si](C)(O[Si](C)(C)C)O[Si](C)(C)C)OCC. The maximum Gasteiger partial charge on any atom is 0.344 e. The van der Waals surface area contributed by atoms with E-state index in [4.69, 9.17) is 17.7 Å². The molecule has 0 spiro atoms. The van der Waals surface area contributed by atoms with Gasteiger partial charge in [-0.2, -0.15) is 0 Å². The van der Waals surface area contributed by atoms with Gasteiger partial charge in [0.25, 0.3) is 0 Å². The van der Waals surface area contributed by atoms with Gasteiger partial charge in [0.15, 0.2) is 22.9 Å². The Kier molecular flexibility index (Phi) is 9.00. The van der Waals surface area contributed by atoms with Crippen molar-refractivity contribution >= 4 is 25.2 Å². The van der Waals surface area contributed by atoms with Crippen LogP contribution in [0.1, 0.15) is 20.8 Å². The molecule has 0 N–H and O–H groups in total. The molecule has 0 bridgehead atoms. The Morgan fingerprint density at radius 3 is 1.45 bits per heavy atom. The molecule has 0 amide bonds. The molecule has 0 aliphatic heterocycles. The molecule has 0 aliphatic rings. The molecule has 4 nitrogen and oxygen atoms in total. The summed E-state index contributed by atoms with van der Waals surface area (Å²) >= 11 is 0. The van der Waals surface area contributed by atoms with Gasteiger partial charge < -0.3 is 17.7 Å². The lowest BCUT2D eigenvalue weighted by Gasteiger charge is -2.39. The van der Waals surface area contributed by atoms with Crippen molar-refractivity contribution in [3.63, 3.8) is 0 Å². The standard InChI is InChI=1S/C15H36O4Si3/c1-11-16-15(17-12-2)13-14(3)22(10,18-20(4,5)6)19-21(7,8)9/h13,15H,11-12H2,1-10H3/b14-13+. The van der Waals surface area contributed by atoms with E-state index >= 15 is 0 Å². The average molecular weight is 365 g/mol. The van der Waals surface area contributed by atoms with Crippen LogP contribution in [-0.4, -0.2) is 44.7 Å². The summed E-state index contributed by atoms with van der Waals surface area (Å²) in [4.78, 5) is 0. The predicted molar refractivity (Wildman–Crippen MR) is 101 cm³/mol. The fraction of sp³-hybridized carbons (Fsp3) is 0.867. The van der Waals surface area contributed by atoms with Crippen molar-refractivity contribution in [2.75, 3.05) is 13.2 Å². The van der Waals surface area contributed by atoms with Gasteiger partial charge in [-0.1, -0.05) is 0 Å². The summed E-state index contributed by atoms with van der Waals surface area (Å²) in [5.74, 6) is 0. The Morgan fingerprint density at radius 2 is 1.18 bits per heavy atom. The molecule has 0 rings (SSSR count). The number of rotatable bonds is 10. The van der Waals surface area contributed by atoms with Crippen LogP contribution in [0.5, 0.6) is 0 Å². The quantitative estimate of drug-likeness (QED) is 0.418. The molecule has 0 saturated carbocycles. The Labute approximate surface area is 140 Å². The van der Waals surface area contributed by atoms with Crippen LogP contribution in [0, 0.1) is 0 Å². The zero-order chi connectivity index (χ0) is 17.6. The molecule has 0 unspecified atom stereocenters. The second-order valence-electron chi connectivity index (χ2n) is 7.50. The third kappa shape index (κ3) is 9.39. The summed E-state index contributed by atoms with van der Waals surface area (Å²) in [5, 5.41) is 1.14.